The molecule has 180 valence electrons. The molecule has 0 saturated heterocycles. The second-order valence-electron chi connectivity index (χ2n) is 8.23. The lowest BCUT2D eigenvalue weighted by Gasteiger charge is -2.32. The zero-order chi connectivity index (χ0) is 24.4. The predicted octanol–water partition coefficient (Wildman–Crippen LogP) is 5.13. The Labute approximate surface area is 204 Å². The van der Waals surface area contributed by atoms with Crippen molar-refractivity contribution in [2.24, 2.45) is 0 Å². The minimum absolute atomic E-state index is 0.174. The van der Waals surface area contributed by atoms with Crippen molar-refractivity contribution in [1.29, 1.82) is 0 Å². The van der Waals surface area contributed by atoms with Crippen molar-refractivity contribution in [1.82, 2.24) is 9.97 Å². The molecule has 35 heavy (non-hydrogen) atoms. The Bertz CT molecular complexity index is 1380. The van der Waals surface area contributed by atoms with Gasteiger partial charge in [0.25, 0.3) is 0 Å². The SMILES string of the molecule is COC(=O)c1ccc2nc(N3CCS(O)(O)c4ccccc4C3)nc(OCc3ccccc3)c2c1. The van der Waals surface area contributed by atoms with Gasteiger partial charge in [0.2, 0.25) is 11.8 Å². The van der Waals surface area contributed by atoms with Crippen molar-refractivity contribution in [2.75, 3.05) is 24.3 Å². The fourth-order valence-electron chi connectivity index (χ4n) is 4.07. The van der Waals surface area contributed by atoms with Crippen molar-refractivity contribution in [3.05, 3.63) is 89.5 Å². The summed E-state index contributed by atoms with van der Waals surface area (Å²) in [6, 6.07) is 22.1. The Balaban J connectivity index is 1.56. The van der Waals surface area contributed by atoms with Gasteiger partial charge in [0.1, 0.15) is 6.61 Å². The van der Waals surface area contributed by atoms with E-state index < -0.39 is 16.6 Å². The number of benzene rings is 3. The first kappa shape index (κ1) is 23.1. The van der Waals surface area contributed by atoms with E-state index in [1.54, 1.807) is 24.3 Å². The maximum Gasteiger partial charge on any atom is 0.337 e. The highest BCUT2D eigenvalue weighted by Gasteiger charge is 2.27. The first-order valence-electron chi connectivity index (χ1n) is 11.1. The molecule has 4 aromatic rings. The van der Waals surface area contributed by atoms with E-state index in [2.05, 4.69) is 0 Å². The van der Waals surface area contributed by atoms with Gasteiger partial charge in [0.05, 0.1) is 34.2 Å². The maximum atomic E-state index is 12.1. The van der Waals surface area contributed by atoms with Crippen molar-refractivity contribution in [3.8, 4) is 5.88 Å². The van der Waals surface area contributed by atoms with Crippen molar-refractivity contribution in [2.45, 2.75) is 18.0 Å². The molecule has 0 bridgehead atoms. The molecular formula is C26H25N3O5S. The number of carbonyl (C=O) groups excluding carboxylic acids is 1. The zero-order valence-electron chi connectivity index (χ0n) is 19.1. The lowest BCUT2D eigenvalue weighted by atomic mass is 10.1. The highest BCUT2D eigenvalue weighted by molar-refractivity contribution is 8.24. The first-order valence-corrected chi connectivity index (χ1v) is 12.8. The summed E-state index contributed by atoms with van der Waals surface area (Å²) < 4.78 is 32.4. The van der Waals surface area contributed by atoms with Gasteiger partial charge < -0.3 is 14.4 Å². The minimum atomic E-state index is -2.92. The standard InChI is InChI=1S/C26H25N3O5S/c1-33-25(30)19-11-12-22-21(15-19)24(34-17-18-7-3-2-4-8-18)28-26(27-22)29-13-14-35(31,32)23-10-6-5-9-20(23)16-29/h2-12,15,31-32H,13-14,16-17H2,1H3. The van der Waals surface area contributed by atoms with Crippen LogP contribution < -0.4 is 9.64 Å². The summed E-state index contributed by atoms with van der Waals surface area (Å²) in [7, 11) is -1.58. The quantitative estimate of drug-likeness (QED) is 0.371. The Hall–Kier alpha value is -3.66. The molecule has 2 N–H and O–H groups in total. The number of hydrogen-bond acceptors (Lipinski definition) is 8. The van der Waals surface area contributed by atoms with Crippen LogP contribution in [0.15, 0.2) is 77.7 Å². The summed E-state index contributed by atoms with van der Waals surface area (Å²) in [5.74, 6) is 0.466. The van der Waals surface area contributed by atoms with Crippen molar-refractivity contribution >= 4 is 33.4 Å². The fourth-order valence-corrected chi connectivity index (χ4v) is 5.61. The molecule has 0 radical (unpaired) electrons. The van der Waals surface area contributed by atoms with E-state index in [-0.39, 0.29) is 12.4 Å². The molecule has 1 aliphatic rings. The van der Waals surface area contributed by atoms with E-state index in [1.165, 1.54) is 7.11 Å². The molecule has 0 amide bonds. The molecule has 0 aliphatic carbocycles. The molecular weight excluding hydrogens is 466 g/mol. The van der Waals surface area contributed by atoms with E-state index in [4.69, 9.17) is 19.4 Å². The Morgan fingerprint density at radius 1 is 1.03 bits per heavy atom. The van der Waals surface area contributed by atoms with E-state index >= 15 is 0 Å². The van der Waals surface area contributed by atoms with Gasteiger partial charge in [-0.3, -0.25) is 9.11 Å². The van der Waals surface area contributed by atoms with Crippen LogP contribution in [0.3, 0.4) is 0 Å². The Kier molecular flexibility index (Phi) is 6.29. The third-order valence-corrected chi connectivity index (χ3v) is 7.76. The summed E-state index contributed by atoms with van der Waals surface area (Å²) in [5.41, 5.74) is 2.78. The van der Waals surface area contributed by atoms with Crippen LogP contribution in [0, 0.1) is 0 Å². The smallest absolute Gasteiger partial charge is 0.337 e. The molecule has 1 aromatic heterocycles. The highest BCUT2D eigenvalue weighted by Crippen LogP contribution is 2.51. The lowest BCUT2D eigenvalue weighted by Crippen LogP contribution is -2.27. The lowest BCUT2D eigenvalue weighted by molar-refractivity contribution is 0.0601. The average Bonchev–Trinajstić information content (AvgIpc) is 3.02. The van der Waals surface area contributed by atoms with E-state index in [0.717, 1.165) is 11.1 Å². The van der Waals surface area contributed by atoms with Gasteiger partial charge >= 0.3 is 5.97 Å². The van der Waals surface area contributed by atoms with Gasteiger partial charge in [-0.25, -0.2) is 9.78 Å². The van der Waals surface area contributed by atoms with Crippen LogP contribution in [0.1, 0.15) is 21.5 Å². The number of ether oxygens (including phenoxy) is 2. The molecule has 0 saturated carbocycles. The molecule has 5 rings (SSSR count). The monoisotopic (exact) mass is 491 g/mol. The number of aromatic nitrogens is 2. The van der Waals surface area contributed by atoms with E-state index in [9.17, 15) is 13.9 Å². The van der Waals surface area contributed by atoms with Crippen LogP contribution in [0.25, 0.3) is 10.9 Å². The van der Waals surface area contributed by atoms with Gasteiger partial charge in [-0.05, 0) is 35.4 Å². The molecule has 0 unspecified atom stereocenters. The molecule has 2 heterocycles. The minimum Gasteiger partial charge on any atom is -0.472 e. The second-order valence-corrected chi connectivity index (χ2v) is 10.4. The van der Waals surface area contributed by atoms with Gasteiger partial charge in [0.15, 0.2) is 0 Å². The van der Waals surface area contributed by atoms with Gasteiger partial charge in [-0.1, -0.05) is 48.5 Å². The van der Waals surface area contributed by atoms with Gasteiger partial charge in [0, 0.05) is 13.1 Å². The predicted molar refractivity (Wildman–Crippen MR) is 135 cm³/mol. The molecule has 9 heteroatoms. The van der Waals surface area contributed by atoms with Crippen LogP contribution >= 0.6 is 10.6 Å². The fraction of sp³-hybridized carbons (Fsp3) is 0.192. The molecule has 0 atom stereocenters. The number of nitrogens with zero attached hydrogens (tertiary/aromatic N) is 3. The second kappa shape index (κ2) is 9.53. The first-order chi connectivity index (χ1) is 16.9. The molecule has 0 spiro atoms. The number of rotatable bonds is 5. The number of esters is 1. The van der Waals surface area contributed by atoms with Gasteiger partial charge in [-0.2, -0.15) is 15.6 Å². The van der Waals surface area contributed by atoms with Crippen molar-refractivity contribution in [3.63, 3.8) is 0 Å². The van der Waals surface area contributed by atoms with Crippen LogP contribution in [-0.4, -0.2) is 44.5 Å². The van der Waals surface area contributed by atoms with Crippen LogP contribution in [0.2, 0.25) is 0 Å². The van der Waals surface area contributed by atoms with Crippen LogP contribution in [0.5, 0.6) is 5.88 Å². The van der Waals surface area contributed by atoms with E-state index in [0.29, 0.717) is 46.3 Å². The topological polar surface area (TPSA) is 105 Å². The Morgan fingerprint density at radius 3 is 2.60 bits per heavy atom. The average molecular weight is 492 g/mol. The molecule has 3 aromatic carbocycles. The normalized spacial score (nSPS) is 15.7. The largest absolute Gasteiger partial charge is 0.472 e. The summed E-state index contributed by atoms with van der Waals surface area (Å²) in [6.07, 6.45) is 0. The third-order valence-electron chi connectivity index (χ3n) is 5.90. The Morgan fingerprint density at radius 2 is 1.80 bits per heavy atom. The number of fused-ring (bicyclic) bond motifs is 2. The van der Waals surface area contributed by atoms with Crippen molar-refractivity contribution < 1.29 is 23.4 Å². The third kappa shape index (κ3) is 4.79. The maximum absolute atomic E-state index is 12.1. The number of methoxy groups -OCH3 is 1. The number of anilines is 1. The van der Waals surface area contributed by atoms with Gasteiger partial charge in [-0.15, -0.1) is 0 Å². The summed E-state index contributed by atoms with van der Waals surface area (Å²) in [5, 5.41) is 0.590. The zero-order valence-corrected chi connectivity index (χ0v) is 19.9. The van der Waals surface area contributed by atoms with Crippen LogP contribution in [-0.2, 0) is 17.9 Å². The number of hydrogen-bond donors (Lipinski definition) is 2. The van der Waals surface area contributed by atoms with E-state index in [1.807, 2.05) is 53.4 Å². The molecule has 0 fully saturated rings. The highest BCUT2D eigenvalue weighted by atomic mass is 32.3. The summed E-state index contributed by atoms with van der Waals surface area (Å²) >= 11 is 0. The summed E-state index contributed by atoms with van der Waals surface area (Å²) in [4.78, 5) is 24.0. The van der Waals surface area contributed by atoms with Crippen LogP contribution in [0.4, 0.5) is 5.95 Å². The summed E-state index contributed by atoms with van der Waals surface area (Å²) in [6.45, 7) is 1.08. The molecule has 8 nitrogen and oxygen atoms in total. The number of carbonyl (C=O) groups is 1. The molecule has 1 aliphatic heterocycles.